The molecule has 0 bridgehead atoms. The second-order valence-corrected chi connectivity index (χ2v) is 8.26. The molecule has 0 saturated carbocycles. The summed E-state index contributed by atoms with van der Waals surface area (Å²) in [5, 5.41) is 12.8. The maximum absolute atomic E-state index is 15.1. The van der Waals surface area contributed by atoms with Gasteiger partial charge >= 0.3 is 0 Å². The molecule has 0 aliphatic rings. The molecule has 0 fully saturated rings. The second kappa shape index (κ2) is 9.20. The van der Waals surface area contributed by atoms with E-state index in [-0.39, 0.29) is 49.9 Å². The Morgan fingerprint density at radius 1 is 1.15 bits per heavy atom. The number of anilines is 1. The minimum Gasteiger partial charge on any atom is -0.453 e. The van der Waals surface area contributed by atoms with Crippen molar-refractivity contribution in [1.82, 2.24) is 10.3 Å². The van der Waals surface area contributed by atoms with Crippen LogP contribution in [0.4, 0.5) is 10.1 Å². The number of ether oxygens (including phenoxy) is 1. The van der Waals surface area contributed by atoms with Gasteiger partial charge in [0.1, 0.15) is 11.4 Å². The minimum atomic E-state index is -0.767. The van der Waals surface area contributed by atoms with Gasteiger partial charge in [0.05, 0.1) is 21.7 Å². The van der Waals surface area contributed by atoms with Crippen molar-refractivity contribution in [2.24, 2.45) is 0 Å². The average Bonchev–Trinajstić information content (AvgIpc) is 3.11. The number of rotatable bonds is 5. The quantitative estimate of drug-likeness (QED) is 0.272. The highest BCUT2D eigenvalue weighted by atomic mass is 35.5. The summed E-state index contributed by atoms with van der Waals surface area (Å²) >= 11 is 18.4. The van der Waals surface area contributed by atoms with Crippen LogP contribution in [0.5, 0.6) is 11.5 Å². The van der Waals surface area contributed by atoms with Gasteiger partial charge in [-0.15, -0.1) is 0 Å². The average molecular weight is 504 g/mol. The lowest BCUT2D eigenvalue weighted by Gasteiger charge is -2.13. The molecule has 6 nitrogen and oxygen atoms in total. The minimum absolute atomic E-state index is 0.0114. The summed E-state index contributed by atoms with van der Waals surface area (Å²) in [6.45, 7) is -0.162. The summed E-state index contributed by atoms with van der Waals surface area (Å²) < 4.78 is 20.7. The Kier molecular flexibility index (Phi) is 6.34. The predicted octanol–water partition coefficient (Wildman–Crippen LogP) is 6.44. The maximum Gasteiger partial charge on any atom is 0.269 e. The van der Waals surface area contributed by atoms with Crippen LogP contribution < -0.4 is 15.8 Å². The van der Waals surface area contributed by atoms with Gasteiger partial charge in [0.25, 0.3) is 5.91 Å². The molecule has 33 heavy (non-hydrogen) atoms. The van der Waals surface area contributed by atoms with Crippen LogP contribution in [0.2, 0.25) is 15.1 Å². The Labute approximate surface area is 202 Å². The first-order valence-electron chi connectivity index (χ1n) is 9.47. The molecule has 0 saturated heterocycles. The number of fused-ring (bicyclic) bond motifs is 1. The molecule has 166 valence electrons. The molecule has 1 heterocycles. The Hall–Kier alpha value is -3.44. The van der Waals surface area contributed by atoms with Crippen molar-refractivity contribution >= 4 is 57.3 Å². The Bertz CT molecular complexity index is 1450. The van der Waals surface area contributed by atoms with Crippen molar-refractivity contribution in [2.75, 3.05) is 5.73 Å². The number of aromatic nitrogens is 1. The van der Waals surface area contributed by atoms with Gasteiger partial charge in [-0.2, -0.15) is 5.26 Å². The molecule has 1 amide bonds. The van der Waals surface area contributed by atoms with Crippen LogP contribution in [0, 0.1) is 17.1 Å². The van der Waals surface area contributed by atoms with Crippen molar-refractivity contribution < 1.29 is 13.9 Å². The van der Waals surface area contributed by atoms with Crippen molar-refractivity contribution in [2.45, 2.75) is 6.54 Å². The normalized spacial score (nSPS) is 10.8. The molecule has 4 rings (SSSR count). The molecule has 3 aromatic carbocycles. The molecule has 4 aromatic rings. The number of H-pyrrole nitrogens is 1. The molecule has 0 atom stereocenters. The Morgan fingerprint density at radius 2 is 1.94 bits per heavy atom. The van der Waals surface area contributed by atoms with E-state index in [1.807, 2.05) is 6.07 Å². The fraction of sp³-hybridized carbons (Fsp3) is 0.0435. The molecule has 0 aliphatic heterocycles. The molecule has 0 aliphatic carbocycles. The molecular formula is C23H14Cl3FN4O2. The molecular weight excluding hydrogens is 490 g/mol. The number of hydrogen-bond donors (Lipinski definition) is 3. The summed E-state index contributed by atoms with van der Waals surface area (Å²) in [4.78, 5) is 15.6. The van der Waals surface area contributed by atoms with E-state index in [9.17, 15) is 4.79 Å². The third kappa shape index (κ3) is 4.69. The number of aromatic amines is 1. The van der Waals surface area contributed by atoms with E-state index in [1.165, 1.54) is 30.3 Å². The first-order chi connectivity index (χ1) is 15.8. The van der Waals surface area contributed by atoms with Crippen LogP contribution in [0.3, 0.4) is 0 Å². The highest BCUT2D eigenvalue weighted by Gasteiger charge is 2.19. The van der Waals surface area contributed by atoms with Gasteiger partial charge in [0.15, 0.2) is 11.6 Å². The largest absolute Gasteiger partial charge is 0.453 e. The number of nitriles is 1. The zero-order valence-corrected chi connectivity index (χ0v) is 18.9. The fourth-order valence-electron chi connectivity index (χ4n) is 3.20. The fourth-order valence-corrected chi connectivity index (χ4v) is 3.90. The highest BCUT2D eigenvalue weighted by molar-refractivity contribution is 6.38. The van der Waals surface area contributed by atoms with E-state index in [0.29, 0.717) is 16.6 Å². The lowest BCUT2D eigenvalue weighted by Crippen LogP contribution is -2.24. The molecule has 0 radical (unpaired) electrons. The summed E-state index contributed by atoms with van der Waals surface area (Å²) in [6, 6.07) is 14.1. The Morgan fingerprint density at radius 3 is 2.70 bits per heavy atom. The van der Waals surface area contributed by atoms with E-state index < -0.39 is 11.7 Å². The van der Waals surface area contributed by atoms with Crippen molar-refractivity contribution in [3.8, 4) is 17.6 Å². The molecule has 0 unspecified atom stereocenters. The van der Waals surface area contributed by atoms with Gasteiger partial charge in [0, 0.05) is 33.7 Å². The van der Waals surface area contributed by atoms with Gasteiger partial charge in [0.2, 0.25) is 0 Å². The van der Waals surface area contributed by atoms with Crippen molar-refractivity contribution in [1.29, 1.82) is 5.26 Å². The van der Waals surface area contributed by atoms with Gasteiger partial charge in [-0.05, 0) is 42.5 Å². The third-order valence-corrected chi connectivity index (χ3v) is 5.68. The summed E-state index contributed by atoms with van der Waals surface area (Å²) in [6.07, 6.45) is 0. The van der Waals surface area contributed by atoms with Crippen LogP contribution in [-0.4, -0.2) is 10.9 Å². The predicted molar refractivity (Wildman–Crippen MR) is 127 cm³/mol. The summed E-state index contributed by atoms with van der Waals surface area (Å²) in [7, 11) is 0. The third-order valence-electron chi connectivity index (χ3n) is 4.78. The van der Waals surface area contributed by atoms with Gasteiger partial charge < -0.3 is 20.8 Å². The Balaban J connectivity index is 1.56. The topological polar surface area (TPSA) is 104 Å². The van der Waals surface area contributed by atoms with E-state index in [1.54, 1.807) is 18.2 Å². The molecule has 4 N–H and O–H groups in total. The molecule has 1 aromatic heterocycles. The van der Waals surface area contributed by atoms with Crippen molar-refractivity contribution in [3.63, 3.8) is 0 Å². The lowest BCUT2D eigenvalue weighted by molar-refractivity contribution is 0.0946. The van der Waals surface area contributed by atoms with Gasteiger partial charge in [-0.25, -0.2) is 4.39 Å². The molecule has 10 heteroatoms. The number of carbonyl (C=O) groups excluding carboxylic acids is 1. The van der Waals surface area contributed by atoms with Crippen LogP contribution in [-0.2, 0) is 6.54 Å². The number of carbonyl (C=O) groups is 1. The number of nitrogens with one attached hydrogen (secondary N) is 2. The van der Waals surface area contributed by atoms with Gasteiger partial charge in [-0.1, -0.05) is 40.9 Å². The maximum atomic E-state index is 15.1. The second-order valence-electron chi connectivity index (χ2n) is 7.04. The van der Waals surface area contributed by atoms with Crippen LogP contribution in [0.1, 0.15) is 21.6 Å². The van der Waals surface area contributed by atoms with Gasteiger partial charge in [-0.3, -0.25) is 4.79 Å². The van der Waals surface area contributed by atoms with Crippen LogP contribution in [0.25, 0.3) is 10.9 Å². The number of benzene rings is 3. The van der Waals surface area contributed by atoms with Crippen LogP contribution >= 0.6 is 34.8 Å². The first kappa shape index (κ1) is 22.7. The molecule has 0 spiro atoms. The van der Waals surface area contributed by atoms with Crippen molar-refractivity contribution in [3.05, 3.63) is 86.2 Å². The zero-order valence-electron chi connectivity index (χ0n) is 16.7. The number of amides is 1. The van der Waals surface area contributed by atoms with Crippen LogP contribution in [0.15, 0.2) is 48.5 Å². The standard InChI is InChI=1S/C23H14Cl3FN4O2/c24-13-5-11(9-28)6-15(7-13)33-22-17(25)3-1-12(20(22)27)10-30-23(32)21-19(26)16-8-14(29)2-4-18(16)31-21/h1-8,31H,10,29H2,(H,30,32). The SMILES string of the molecule is N#Cc1cc(Cl)cc(Oc2c(Cl)ccc(CNC(=O)c3[nH]c4ccc(N)cc4c3Cl)c2F)c1. The smallest absolute Gasteiger partial charge is 0.269 e. The summed E-state index contributed by atoms with van der Waals surface area (Å²) in [5.41, 5.74) is 7.43. The number of nitrogens with two attached hydrogens (primary N) is 1. The number of nitrogens with zero attached hydrogens (tertiary/aromatic N) is 1. The van der Waals surface area contributed by atoms with E-state index in [4.69, 9.17) is 50.5 Å². The van der Waals surface area contributed by atoms with E-state index >= 15 is 4.39 Å². The zero-order chi connectivity index (χ0) is 23.7. The first-order valence-corrected chi connectivity index (χ1v) is 10.6. The number of halogens is 4. The monoisotopic (exact) mass is 502 g/mol. The van der Waals surface area contributed by atoms with E-state index in [2.05, 4.69) is 10.3 Å². The summed E-state index contributed by atoms with van der Waals surface area (Å²) in [5.74, 6) is -1.41. The number of hydrogen-bond acceptors (Lipinski definition) is 4. The number of nitrogen functional groups attached to an aromatic ring is 1. The lowest BCUT2D eigenvalue weighted by atomic mass is 10.2. The van der Waals surface area contributed by atoms with E-state index in [0.717, 1.165) is 0 Å². The highest BCUT2D eigenvalue weighted by Crippen LogP contribution is 2.35.